The van der Waals surface area contributed by atoms with Gasteiger partial charge in [0.15, 0.2) is 0 Å². The lowest BCUT2D eigenvalue weighted by Crippen LogP contribution is -2.11. The third-order valence-corrected chi connectivity index (χ3v) is 20.7. The average Bonchev–Trinajstić information content (AvgIpc) is 1.72. The van der Waals surface area contributed by atoms with Gasteiger partial charge in [0.2, 0.25) is 0 Å². The second-order valence-corrected chi connectivity index (χ2v) is 26.3. The monoisotopic (exact) mass is 1270 g/mol. The van der Waals surface area contributed by atoms with Gasteiger partial charge >= 0.3 is 0 Å². The van der Waals surface area contributed by atoms with Crippen LogP contribution in [0.1, 0.15) is 0 Å². The van der Waals surface area contributed by atoms with Gasteiger partial charge in [0, 0.05) is 66.8 Å². The summed E-state index contributed by atoms with van der Waals surface area (Å²) in [7, 11) is 0. The standard InChI is InChI=1S/C96H62N4/c1-7-23-63(24-8-1)93-83-59-71(47-57-85(83)99(95(93)69-27-11-3-12-28-69)79-53-49-77(50-54-79)97(75-37-15-5-16-38-75)87-61-73-35-19-31-65-43-45-67-33-21-41-81(87)91(67)89(65)73)72-48-58-86-84(60-72)94(64-25-9-2-10-26-64)96(70-29-13-4-14-30-70)100(86)80-55-51-78(52-56-80)98(76-39-17-6-18-40-76)88-62-74-36-20-32-66-44-46-68-34-22-42-82(88)92(68)90(66)74/h1-62H. The molecule has 0 radical (unpaired) electrons. The molecule has 2 aromatic heterocycles. The first-order valence-electron chi connectivity index (χ1n) is 34.5. The smallest absolute Gasteiger partial charge is 0.0619 e. The topological polar surface area (TPSA) is 16.3 Å². The Hall–Kier alpha value is -13.3. The summed E-state index contributed by atoms with van der Waals surface area (Å²) in [6.45, 7) is 0. The zero-order valence-electron chi connectivity index (χ0n) is 54.6. The van der Waals surface area contributed by atoms with Crippen LogP contribution in [0.5, 0.6) is 0 Å². The summed E-state index contributed by atoms with van der Waals surface area (Å²) in [5.41, 5.74) is 22.5. The van der Waals surface area contributed by atoms with Crippen molar-refractivity contribution < 1.29 is 0 Å². The molecule has 0 unspecified atom stereocenters. The van der Waals surface area contributed by atoms with Crippen LogP contribution in [0.15, 0.2) is 376 Å². The third-order valence-electron chi connectivity index (χ3n) is 20.7. The van der Waals surface area contributed by atoms with Crippen molar-refractivity contribution in [3.8, 4) is 67.3 Å². The van der Waals surface area contributed by atoms with Crippen molar-refractivity contribution in [1.29, 1.82) is 0 Å². The molecule has 20 aromatic rings. The van der Waals surface area contributed by atoms with Crippen LogP contribution in [-0.4, -0.2) is 9.13 Å². The van der Waals surface area contributed by atoms with E-state index >= 15 is 0 Å². The van der Waals surface area contributed by atoms with E-state index in [1.54, 1.807) is 0 Å². The van der Waals surface area contributed by atoms with Gasteiger partial charge in [-0.1, -0.05) is 267 Å². The van der Waals surface area contributed by atoms with Crippen LogP contribution >= 0.6 is 0 Å². The van der Waals surface area contributed by atoms with Crippen LogP contribution < -0.4 is 9.80 Å². The number of aromatic nitrogens is 2. The number of rotatable bonds is 13. The summed E-state index contributed by atoms with van der Waals surface area (Å²) in [5.74, 6) is 0. The average molecular weight is 1270 g/mol. The maximum Gasteiger partial charge on any atom is 0.0619 e. The summed E-state index contributed by atoms with van der Waals surface area (Å²) in [6, 6.07) is 139. The summed E-state index contributed by atoms with van der Waals surface area (Å²) >= 11 is 0. The highest BCUT2D eigenvalue weighted by atomic mass is 15.2. The van der Waals surface area contributed by atoms with Gasteiger partial charge in [-0.05, 0) is 196 Å². The van der Waals surface area contributed by atoms with E-state index in [-0.39, 0.29) is 0 Å². The van der Waals surface area contributed by atoms with Gasteiger partial charge in [-0.3, -0.25) is 0 Å². The Morgan fingerprint density at radius 3 is 0.870 bits per heavy atom. The molecule has 20 rings (SSSR count). The van der Waals surface area contributed by atoms with E-state index in [1.165, 1.54) is 86.5 Å². The van der Waals surface area contributed by atoms with Gasteiger partial charge in [0.05, 0.1) is 33.8 Å². The molecule has 0 aliphatic rings. The Bertz CT molecular complexity index is 6060. The van der Waals surface area contributed by atoms with E-state index in [9.17, 15) is 0 Å². The van der Waals surface area contributed by atoms with Crippen molar-refractivity contribution in [3.05, 3.63) is 376 Å². The van der Waals surface area contributed by atoms with Crippen LogP contribution in [0.3, 0.4) is 0 Å². The highest BCUT2D eigenvalue weighted by Gasteiger charge is 2.27. The lowest BCUT2D eigenvalue weighted by Gasteiger charge is -2.28. The molecule has 0 aliphatic carbocycles. The van der Waals surface area contributed by atoms with E-state index in [1.807, 2.05) is 0 Å². The number of fused-ring (bicyclic) bond motifs is 2. The summed E-state index contributed by atoms with van der Waals surface area (Å²) < 4.78 is 4.98. The minimum absolute atomic E-state index is 1.07. The molecule has 2 heterocycles. The van der Waals surface area contributed by atoms with Crippen molar-refractivity contribution in [2.45, 2.75) is 0 Å². The minimum Gasteiger partial charge on any atom is -0.310 e. The van der Waals surface area contributed by atoms with E-state index in [0.29, 0.717) is 0 Å². The molecule has 0 N–H and O–H groups in total. The summed E-state index contributed by atoms with van der Waals surface area (Å²) in [4.78, 5) is 4.87. The fraction of sp³-hybridized carbons (Fsp3) is 0. The summed E-state index contributed by atoms with van der Waals surface area (Å²) in [5, 5.41) is 17.4. The van der Waals surface area contributed by atoms with Crippen molar-refractivity contribution >= 4 is 121 Å². The number of anilines is 6. The molecule has 0 bridgehead atoms. The van der Waals surface area contributed by atoms with Crippen molar-refractivity contribution in [2.75, 3.05) is 9.80 Å². The van der Waals surface area contributed by atoms with Gasteiger partial charge in [-0.15, -0.1) is 0 Å². The van der Waals surface area contributed by atoms with Crippen LogP contribution in [0.25, 0.3) is 154 Å². The van der Waals surface area contributed by atoms with Crippen LogP contribution in [0.2, 0.25) is 0 Å². The largest absolute Gasteiger partial charge is 0.310 e. The molecule has 0 saturated heterocycles. The Kier molecular flexibility index (Phi) is 13.2. The highest BCUT2D eigenvalue weighted by molar-refractivity contribution is 6.28. The second kappa shape index (κ2) is 23.2. The molecule has 0 amide bonds. The van der Waals surface area contributed by atoms with Crippen LogP contribution in [-0.2, 0) is 0 Å². The highest BCUT2D eigenvalue weighted by Crippen LogP contribution is 2.51. The molecule has 100 heavy (non-hydrogen) atoms. The first kappa shape index (κ1) is 57.0. The molecule has 0 spiro atoms. The van der Waals surface area contributed by atoms with E-state index in [4.69, 9.17) is 0 Å². The zero-order chi connectivity index (χ0) is 65.8. The molecule has 466 valence electrons. The quantitative estimate of drug-likeness (QED) is 0.107. The normalized spacial score (nSPS) is 11.8. The second-order valence-electron chi connectivity index (χ2n) is 26.3. The Morgan fingerprint density at radius 1 is 0.190 bits per heavy atom. The molecule has 18 aromatic carbocycles. The molecular formula is C96H62N4. The van der Waals surface area contributed by atoms with E-state index in [0.717, 1.165) is 101 Å². The number of benzene rings is 18. The Balaban J connectivity index is 0.756. The van der Waals surface area contributed by atoms with Crippen molar-refractivity contribution in [2.24, 2.45) is 0 Å². The molecule has 0 saturated carbocycles. The third kappa shape index (κ3) is 9.15. The lowest BCUT2D eigenvalue weighted by molar-refractivity contribution is 1.13. The Labute approximate surface area is 579 Å². The number of nitrogens with zero attached hydrogens (tertiary/aromatic N) is 4. The first-order chi connectivity index (χ1) is 49.6. The van der Waals surface area contributed by atoms with Crippen molar-refractivity contribution in [3.63, 3.8) is 0 Å². The molecule has 0 aliphatic heterocycles. The van der Waals surface area contributed by atoms with E-state index < -0.39 is 0 Å². The number of hydrogen-bond acceptors (Lipinski definition) is 2. The number of hydrogen-bond donors (Lipinski definition) is 0. The molecule has 0 fully saturated rings. The Morgan fingerprint density at radius 2 is 0.500 bits per heavy atom. The van der Waals surface area contributed by atoms with Crippen LogP contribution in [0, 0.1) is 0 Å². The van der Waals surface area contributed by atoms with Gasteiger partial charge in [-0.2, -0.15) is 0 Å². The molecule has 0 atom stereocenters. The zero-order valence-corrected chi connectivity index (χ0v) is 54.6. The molecular weight excluding hydrogens is 1210 g/mol. The number of para-hydroxylation sites is 2. The molecule has 4 nitrogen and oxygen atoms in total. The fourth-order valence-corrected chi connectivity index (χ4v) is 16.4. The fourth-order valence-electron chi connectivity index (χ4n) is 16.4. The minimum atomic E-state index is 1.07. The van der Waals surface area contributed by atoms with Gasteiger partial charge in [0.1, 0.15) is 0 Å². The predicted molar refractivity (Wildman–Crippen MR) is 424 cm³/mol. The summed E-state index contributed by atoms with van der Waals surface area (Å²) in [6.07, 6.45) is 0. The molecule has 4 heteroatoms. The van der Waals surface area contributed by atoms with Crippen molar-refractivity contribution in [1.82, 2.24) is 9.13 Å². The van der Waals surface area contributed by atoms with Crippen LogP contribution in [0.4, 0.5) is 34.1 Å². The lowest BCUT2D eigenvalue weighted by atomic mass is 9.92. The van der Waals surface area contributed by atoms with Gasteiger partial charge < -0.3 is 18.9 Å². The van der Waals surface area contributed by atoms with Gasteiger partial charge in [0.25, 0.3) is 0 Å². The SMILES string of the molecule is c1ccc(-c2c(-c3ccccc3)n(-c3ccc(N(c4ccccc4)c4cc5cccc6ccc7cccc4c7c65)cc3)c3ccc(-c4ccc5c(c4)c(-c4ccccc4)c(-c4ccccc4)n5-c4ccc(N(c5ccccc5)c5cc6cccc7ccc8cccc5c8c76)cc4)cc23)cc1. The first-order valence-corrected chi connectivity index (χ1v) is 34.5. The predicted octanol–water partition coefficient (Wildman–Crippen LogP) is 26.6. The maximum atomic E-state index is 2.49. The van der Waals surface area contributed by atoms with Gasteiger partial charge in [-0.25, -0.2) is 0 Å². The van der Waals surface area contributed by atoms with E-state index in [2.05, 4.69) is 395 Å². The maximum absolute atomic E-state index is 2.49.